The molecule has 0 radical (unpaired) electrons. The smallest absolute Gasteiger partial charge is 0.335 e. The molecule has 0 aromatic heterocycles. The van der Waals surface area contributed by atoms with Gasteiger partial charge in [-0.1, -0.05) is 46.8 Å². The second-order valence-electron chi connectivity index (χ2n) is 9.05. The molecule has 4 nitrogen and oxygen atoms in total. The predicted octanol–water partition coefficient (Wildman–Crippen LogP) is 5.75. The number of carboxylic acid groups (broad SMARTS) is 1. The Bertz CT molecular complexity index is 960. The molecule has 0 bridgehead atoms. The minimum absolute atomic E-state index is 0.00693. The van der Waals surface area contributed by atoms with E-state index in [9.17, 15) is 9.59 Å². The predicted molar refractivity (Wildman–Crippen MR) is 113 cm³/mol. The fourth-order valence-corrected chi connectivity index (χ4v) is 3.69. The molecule has 3 rings (SSSR count). The lowest BCUT2D eigenvalue weighted by molar-refractivity contribution is 0.0696. The average molecular weight is 377 g/mol. The van der Waals surface area contributed by atoms with Gasteiger partial charge in [0, 0.05) is 11.3 Å². The normalized spacial score (nSPS) is 15.4. The number of hydrogen-bond donors (Lipinski definition) is 2. The zero-order valence-corrected chi connectivity index (χ0v) is 17.1. The second kappa shape index (κ2) is 6.93. The van der Waals surface area contributed by atoms with Crippen LogP contribution in [-0.2, 0) is 5.41 Å². The van der Waals surface area contributed by atoms with Crippen LogP contribution in [0.4, 0.5) is 5.69 Å². The number of carbonyl (C=O) groups is 2. The number of carboxylic acids is 1. The average Bonchev–Trinajstić information content (AvgIpc) is 2.60. The van der Waals surface area contributed by atoms with Gasteiger partial charge >= 0.3 is 5.97 Å². The Kier molecular flexibility index (Phi) is 4.92. The first-order chi connectivity index (χ1) is 13.0. The van der Waals surface area contributed by atoms with Gasteiger partial charge in [-0.3, -0.25) is 4.79 Å². The summed E-state index contributed by atoms with van der Waals surface area (Å²) in [7, 11) is 0. The number of aromatic carboxylic acids is 1. The molecule has 0 saturated heterocycles. The van der Waals surface area contributed by atoms with E-state index in [1.54, 1.807) is 12.1 Å². The van der Waals surface area contributed by atoms with E-state index in [0.29, 0.717) is 11.3 Å². The van der Waals surface area contributed by atoms with Crippen LogP contribution in [0.2, 0.25) is 0 Å². The van der Waals surface area contributed by atoms with E-state index in [2.05, 4.69) is 52.1 Å². The quantitative estimate of drug-likeness (QED) is 0.716. The van der Waals surface area contributed by atoms with E-state index in [4.69, 9.17) is 5.11 Å². The van der Waals surface area contributed by atoms with Crippen molar-refractivity contribution in [3.8, 4) is 0 Å². The van der Waals surface area contributed by atoms with Gasteiger partial charge in [0.25, 0.3) is 5.91 Å². The van der Waals surface area contributed by atoms with Gasteiger partial charge < -0.3 is 10.4 Å². The third-order valence-corrected chi connectivity index (χ3v) is 5.32. The number of nitrogens with one attached hydrogen (secondary N) is 1. The highest BCUT2D eigenvalue weighted by atomic mass is 16.4. The Morgan fingerprint density at radius 2 is 1.61 bits per heavy atom. The third-order valence-electron chi connectivity index (χ3n) is 5.32. The highest BCUT2D eigenvalue weighted by Crippen LogP contribution is 2.45. The van der Waals surface area contributed by atoms with Crippen LogP contribution in [-0.4, -0.2) is 17.0 Å². The van der Waals surface area contributed by atoms with Crippen molar-refractivity contribution < 1.29 is 14.7 Å². The molecule has 2 aromatic rings. The lowest BCUT2D eigenvalue weighted by atomic mass is 9.68. The number of fused-ring (bicyclic) bond motifs is 1. The van der Waals surface area contributed by atoms with Crippen LogP contribution in [0.3, 0.4) is 0 Å². The van der Waals surface area contributed by atoms with Gasteiger partial charge in [0.05, 0.1) is 5.56 Å². The molecular weight excluding hydrogens is 350 g/mol. The lowest BCUT2D eigenvalue weighted by Gasteiger charge is -2.36. The highest BCUT2D eigenvalue weighted by Gasteiger charge is 2.32. The molecule has 0 spiro atoms. The van der Waals surface area contributed by atoms with Gasteiger partial charge in [0.15, 0.2) is 0 Å². The van der Waals surface area contributed by atoms with Crippen LogP contribution in [0.15, 0.2) is 48.5 Å². The molecule has 0 heterocycles. The van der Waals surface area contributed by atoms with E-state index in [1.807, 2.05) is 12.1 Å². The number of benzene rings is 2. The minimum atomic E-state index is -0.989. The fourth-order valence-electron chi connectivity index (χ4n) is 3.69. The molecule has 1 aliphatic carbocycles. The van der Waals surface area contributed by atoms with Gasteiger partial charge in [-0.25, -0.2) is 4.79 Å². The van der Waals surface area contributed by atoms with Crippen molar-refractivity contribution in [2.24, 2.45) is 5.41 Å². The zero-order chi connectivity index (χ0) is 20.7. The summed E-state index contributed by atoms with van der Waals surface area (Å²) in [5.41, 5.74) is 5.04. The number of rotatable bonds is 3. The zero-order valence-electron chi connectivity index (χ0n) is 17.1. The molecule has 0 fully saturated rings. The molecule has 4 heteroatoms. The number of amides is 1. The molecule has 2 aromatic carbocycles. The van der Waals surface area contributed by atoms with Crippen molar-refractivity contribution >= 4 is 23.1 Å². The van der Waals surface area contributed by atoms with Gasteiger partial charge in [-0.05, 0) is 70.3 Å². The third kappa shape index (κ3) is 3.86. The standard InChI is InChI=1S/C24H27NO3/c1-23(2,3)19-12-13-24(4,5)20-11-8-16(14-18(19)20)21(26)25-17-9-6-15(7-10-17)22(27)28/h6-12,14H,13H2,1-5H3,(H,25,26)(H,27,28). The first-order valence-electron chi connectivity index (χ1n) is 9.49. The Balaban J connectivity index is 1.93. The Hall–Kier alpha value is -2.88. The first kappa shape index (κ1) is 19.9. The van der Waals surface area contributed by atoms with Gasteiger partial charge in [-0.15, -0.1) is 0 Å². The molecule has 0 saturated carbocycles. The lowest BCUT2D eigenvalue weighted by Crippen LogP contribution is -2.25. The van der Waals surface area contributed by atoms with E-state index < -0.39 is 5.97 Å². The molecule has 0 atom stereocenters. The van der Waals surface area contributed by atoms with E-state index in [1.165, 1.54) is 23.3 Å². The van der Waals surface area contributed by atoms with Crippen LogP contribution < -0.4 is 5.32 Å². The summed E-state index contributed by atoms with van der Waals surface area (Å²) in [4.78, 5) is 23.8. The van der Waals surface area contributed by atoms with Crippen molar-refractivity contribution in [3.05, 3.63) is 70.8 Å². The summed E-state index contributed by atoms with van der Waals surface area (Å²) in [5.74, 6) is -1.20. The summed E-state index contributed by atoms with van der Waals surface area (Å²) >= 11 is 0. The van der Waals surface area contributed by atoms with Crippen molar-refractivity contribution in [2.45, 2.75) is 46.5 Å². The van der Waals surface area contributed by atoms with Gasteiger partial charge in [0.1, 0.15) is 0 Å². The van der Waals surface area contributed by atoms with Crippen molar-refractivity contribution in [1.29, 1.82) is 0 Å². The minimum Gasteiger partial charge on any atom is -0.478 e. The Labute approximate surface area is 166 Å². The summed E-state index contributed by atoms with van der Waals surface area (Å²) in [6, 6.07) is 12.1. The van der Waals surface area contributed by atoms with E-state index >= 15 is 0 Å². The molecule has 2 N–H and O–H groups in total. The molecule has 28 heavy (non-hydrogen) atoms. The van der Waals surface area contributed by atoms with E-state index in [-0.39, 0.29) is 22.3 Å². The highest BCUT2D eigenvalue weighted by molar-refractivity contribution is 6.05. The number of hydrogen-bond acceptors (Lipinski definition) is 2. The first-order valence-corrected chi connectivity index (χ1v) is 9.49. The summed E-state index contributed by atoms with van der Waals surface area (Å²) in [5, 5.41) is 11.8. The molecule has 1 amide bonds. The van der Waals surface area contributed by atoms with Crippen molar-refractivity contribution in [1.82, 2.24) is 0 Å². The van der Waals surface area contributed by atoms with Crippen LogP contribution in [0.25, 0.3) is 5.57 Å². The summed E-state index contributed by atoms with van der Waals surface area (Å²) in [6.07, 6.45) is 3.28. The fraction of sp³-hybridized carbons (Fsp3) is 0.333. The maximum Gasteiger partial charge on any atom is 0.335 e. The molecular formula is C24H27NO3. The van der Waals surface area contributed by atoms with Crippen molar-refractivity contribution in [3.63, 3.8) is 0 Å². The van der Waals surface area contributed by atoms with Crippen LogP contribution in [0.5, 0.6) is 0 Å². The van der Waals surface area contributed by atoms with Crippen molar-refractivity contribution in [2.75, 3.05) is 5.32 Å². The number of anilines is 1. The van der Waals surface area contributed by atoms with Crippen LogP contribution in [0, 0.1) is 5.41 Å². The number of allylic oxidation sites excluding steroid dienone is 2. The molecule has 146 valence electrons. The largest absolute Gasteiger partial charge is 0.478 e. The van der Waals surface area contributed by atoms with Crippen LogP contribution >= 0.6 is 0 Å². The topological polar surface area (TPSA) is 66.4 Å². The Morgan fingerprint density at radius 3 is 2.18 bits per heavy atom. The maximum atomic E-state index is 12.8. The Morgan fingerprint density at radius 1 is 1.00 bits per heavy atom. The second-order valence-corrected chi connectivity index (χ2v) is 9.05. The molecule has 1 aliphatic rings. The molecule has 0 unspecified atom stereocenters. The maximum absolute atomic E-state index is 12.8. The van der Waals surface area contributed by atoms with E-state index in [0.717, 1.165) is 12.0 Å². The summed E-state index contributed by atoms with van der Waals surface area (Å²) in [6.45, 7) is 11.0. The monoisotopic (exact) mass is 377 g/mol. The number of carbonyl (C=O) groups excluding carboxylic acids is 1. The van der Waals surface area contributed by atoms with Gasteiger partial charge in [0.2, 0.25) is 0 Å². The molecule has 0 aliphatic heterocycles. The van der Waals surface area contributed by atoms with Crippen LogP contribution in [0.1, 0.15) is 72.9 Å². The SMILES string of the molecule is CC(C)(C)C1=CCC(C)(C)c2ccc(C(=O)Nc3ccc(C(=O)O)cc3)cc21. The summed E-state index contributed by atoms with van der Waals surface area (Å²) < 4.78 is 0. The van der Waals surface area contributed by atoms with Gasteiger partial charge in [-0.2, -0.15) is 0 Å².